The summed E-state index contributed by atoms with van der Waals surface area (Å²) in [4.78, 5) is 24.3. The lowest BCUT2D eigenvalue weighted by atomic mass is 10.2. The number of benzene rings is 2. The molecular weight excluding hydrogens is 348 g/mol. The fourth-order valence-electron chi connectivity index (χ4n) is 2.67. The largest absolute Gasteiger partial charge is 0.496 e. The van der Waals surface area contributed by atoms with E-state index in [2.05, 4.69) is 10.5 Å². The molecule has 7 heteroatoms. The topological polar surface area (TPSA) is 90.7 Å². The summed E-state index contributed by atoms with van der Waals surface area (Å²) in [5, 5.41) is 7.38. The third kappa shape index (κ3) is 4.44. The van der Waals surface area contributed by atoms with E-state index in [4.69, 9.17) is 14.0 Å². The van der Waals surface area contributed by atoms with Crippen molar-refractivity contribution in [1.82, 2.24) is 10.5 Å². The lowest BCUT2D eigenvalue weighted by Gasteiger charge is -2.14. The van der Waals surface area contributed by atoms with Crippen molar-refractivity contribution in [2.75, 3.05) is 7.11 Å². The maximum absolute atomic E-state index is 12.2. The Hall–Kier alpha value is -3.35. The maximum Gasteiger partial charge on any atom is 0.312 e. The van der Waals surface area contributed by atoms with Gasteiger partial charge < -0.3 is 19.3 Å². The highest BCUT2D eigenvalue weighted by molar-refractivity contribution is 5.86. The van der Waals surface area contributed by atoms with Crippen molar-refractivity contribution in [2.24, 2.45) is 0 Å². The van der Waals surface area contributed by atoms with Crippen LogP contribution in [0.5, 0.6) is 5.75 Å². The summed E-state index contributed by atoms with van der Waals surface area (Å²) in [5.74, 6) is -0.256. The Morgan fingerprint density at radius 3 is 2.70 bits per heavy atom. The Bertz CT molecular complexity index is 950. The van der Waals surface area contributed by atoms with E-state index in [9.17, 15) is 9.59 Å². The standard InChI is InChI=1S/C20H20N2O5/c1-13(20(24)21-12-14-7-3-5-9-17(14)25-2)26-19(23)11-16-15-8-4-6-10-18(15)27-22-16/h3-10,13H,11-12H2,1-2H3,(H,21,24)/t13-/m0/s1. The Kier molecular flexibility index (Phi) is 5.71. The summed E-state index contributed by atoms with van der Waals surface area (Å²) in [6, 6.07) is 14.6. The number of methoxy groups -OCH3 is 1. The van der Waals surface area contributed by atoms with Crippen molar-refractivity contribution < 1.29 is 23.6 Å². The summed E-state index contributed by atoms with van der Waals surface area (Å²) < 4.78 is 15.6. The molecule has 3 aromatic rings. The quantitative estimate of drug-likeness (QED) is 0.645. The number of carbonyl (C=O) groups is 2. The molecule has 1 aromatic heterocycles. The molecule has 1 atom stereocenters. The fourth-order valence-corrected chi connectivity index (χ4v) is 2.67. The Morgan fingerprint density at radius 2 is 1.89 bits per heavy atom. The summed E-state index contributed by atoms with van der Waals surface area (Å²) in [5.41, 5.74) is 1.92. The molecule has 0 aliphatic heterocycles. The lowest BCUT2D eigenvalue weighted by molar-refractivity contribution is -0.154. The van der Waals surface area contributed by atoms with E-state index in [1.807, 2.05) is 42.5 Å². The Morgan fingerprint density at radius 1 is 1.15 bits per heavy atom. The number of rotatable bonds is 7. The summed E-state index contributed by atoms with van der Waals surface area (Å²) in [6.07, 6.45) is -0.994. The van der Waals surface area contributed by atoms with Gasteiger partial charge in [-0.15, -0.1) is 0 Å². The molecule has 0 bridgehead atoms. The molecule has 1 amide bonds. The molecule has 0 spiro atoms. The van der Waals surface area contributed by atoms with Crippen molar-refractivity contribution in [3.63, 3.8) is 0 Å². The van der Waals surface area contributed by atoms with Gasteiger partial charge in [0, 0.05) is 17.5 Å². The molecule has 0 saturated heterocycles. The number of nitrogens with zero attached hydrogens (tertiary/aromatic N) is 1. The van der Waals surface area contributed by atoms with Gasteiger partial charge >= 0.3 is 5.97 Å². The van der Waals surface area contributed by atoms with Crippen LogP contribution in [-0.2, 0) is 27.3 Å². The van der Waals surface area contributed by atoms with Crippen LogP contribution in [0, 0.1) is 0 Å². The zero-order chi connectivity index (χ0) is 19.2. The first-order valence-corrected chi connectivity index (χ1v) is 8.51. The second-order valence-corrected chi connectivity index (χ2v) is 5.96. The summed E-state index contributed by atoms with van der Waals surface area (Å²) in [6.45, 7) is 1.80. The second kappa shape index (κ2) is 8.35. The number of aromatic nitrogens is 1. The van der Waals surface area contributed by atoms with E-state index in [0.717, 1.165) is 10.9 Å². The van der Waals surface area contributed by atoms with Crippen molar-refractivity contribution in [1.29, 1.82) is 0 Å². The van der Waals surface area contributed by atoms with Gasteiger partial charge in [-0.1, -0.05) is 35.5 Å². The van der Waals surface area contributed by atoms with Gasteiger partial charge in [0.15, 0.2) is 11.7 Å². The van der Waals surface area contributed by atoms with Crippen LogP contribution in [0.25, 0.3) is 11.0 Å². The van der Waals surface area contributed by atoms with Gasteiger partial charge in [-0.25, -0.2) is 0 Å². The molecule has 7 nitrogen and oxygen atoms in total. The molecule has 1 N–H and O–H groups in total. The van der Waals surface area contributed by atoms with E-state index < -0.39 is 12.1 Å². The highest BCUT2D eigenvalue weighted by Crippen LogP contribution is 2.19. The van der Waals surface area contributed by atoms with Gasteiger partial charge in [0.2, 0.25) is 0 Å². The van der Waals surface area contributed by atoms with Crippen LogP contribution in [0.1, 0.15) is 18.2 Å². The van der Waals surface area contributed by atoms with Gasteiger partial charge in [0.05, 0.1) is 13.5 Å². The second-order valence-electron chi connectivity index (χ2n) is 5.96. The third-order valence-corrected chi connectivity index (χ3v) is 4.09. The monoisotopic (exact) mass is 368 g/mol. The number of para-hydroxylation sites is 2. The van der Waals surface area contributed by atoms with E-state index in [0.29, 0.717) is 17.0 Å². The van der Waals surface area contributed by atoms with Gasteiger partial charge in [-0.3, -0.25) is 9.59 Å². The first-order chi connectivity index (χ1) is 13.1. The van der Waals surface area contributed by atoms with Crippen LogP contribution in [0.4, 0.5) is 0 Å². The molecule has 0 aliphatic rings. The molecule has 0 fully saturated rings. The Balaban J connectivity index is 1.54. The number of esters is 1. The first kappa shape index (κ1) is 18.4. The predicted molar refractivity (Wildman–Crippen MR) is 98.1 cm³/mol. The first-order valence-electron chi connectivity index (χ1n) is 8.51. The molecule has 3 rings (SSSR count). The molecule has 140 valence electrons. The zero-order valence-electron chi connectivity index (χ0n) is 15.1. The maximum atomic E-state index is 12.2. The van der Waals surface area contributed by atoms with Crippen LogP contribution >= 0.6 is 0 Å². The van der Waals surface area contributed by atoms with Crippen molar-refractivity contribution in [3.8, 4) is 5.75 Å². The number of nitrogens with one attached hydrogen (secondary N) is 1. The molecule has 0 saturated carbocycles. The molecule has 0 unspecified atom stereocenters. The van der Waals surface area contributed by atoms with E-state index in [1.54, 1.807) is 13.2 Å². The minimum atomic E-state index is -0.926. The zero-order valence-corrected chi connectivity index (χ0v) is 15.1. The molecular formula is C20H20N2O5. The van der Waals surface area contributed by atoms with Crippen LogP contribution in [0.3, 0.4) is 0 Å². The number of amides is 1. The SMILES string of the molecule is COc1ccccc1CNC(=O)[C@H](C)OC(=O)Cc1noc2ccccc12. The van der Waals surface area contributed by atoms with Crippen molar-refractivity contribution in [3.05, 3.63) is 59.8 Å². The number of carbonyl (C=O) groups excluding carboxylic acids is 2. The fraction of sp³-hybridized carbons (Fsp3) is 0.250. The highest BCUT2D eigenvalue weighted by Gasteiger charge is 2.20. The average molecular weight is 368 g/mol. The van der Waals surface area contributed by atoms with Crippen LogP contribution in [0.2, 0.25) is 0 Å². The molecule has 27 heavy (non-hydrogen) atoms. The average Bonchev–Trinajstić information content (AvgIpc) is 3.09. The van der Waals surface area contributed by atoms with Gasteiger partial charge in [0.25, 0.3) is 5.91 Å². The number of fused-ring (bicyclic) bond motifs is 1. The van der Waals surface area contributed by atoms with Gasteiger partial charge in [-0.2, -0.15) is 0 Å². The Labute approximate surface area is 156 Å². The van der Waals surface area contributed by atoms with Crippen LogP contribution < -0.4 is 10.1 Å². The number of hydrogen-bond donors (Lipinski definition) is 1. The predicted octanol–water partition coefficient (Wildman–Crippen LogP) is 2.63. The molecule has 1 heterocycles. The van der Waals surface area contributed by atoms with Crippen LogP contribution in [-0.4, -0.2) is 30.2 Å². The van der Waals surface area contributed by atoms with Gasteiger partial charge in [-0.05, 0) is 25.1 Å². The van der Waals surface area contributed by atoms with Crippen molar-refractivity contribution >= 4 is 22.8 Å². The smallest absolute Gasteiger partial charge is 0.312 e. The van der Waals surface area contributed by atoms with Crippen molar-refractivity contribution in [2.45, 2.75) is 26.0 Å². The van der Waals surface area contributed by atoms with Crippen LogP contribution in [0.15, 0.2) is 53.1 Å². The number of hydrogen-bond acceptors (Lipinski definition) is 6. The summed E-state index contributed by atoms with van der Waals surface area (Å²) in [7, 11) is 1.57. The van der Waals surface area contributed by atoms with E-state index >= 15 is 0 Å². The van der Waals surface area contributed by atoms with E-state index in [1.165, 1.54) is 6.92 Å². The molecule has 0 aliphatic carbocycles. The van der Waals surface area contributed by atoms with E-state index in [-0.39, 0.29) is 18.9 Å². The third-order valence-electron chi connectivity index (χ3n) is 4.09. The minimum absolute atomic E-state index is 0.0683. The summed E-state index contributed by atoms with van der Waals surface area (Å²) >= 11 is 0. The highest BCUT2D eigenvalue weighted by atomic mass is 16.5. The molecule has 0 radical (unpaired) electrons. The van der Waals surface area contributed by atoms with Gasteiger partial charge in [0.1, 0.15) is 11.4 Å². The lowest BCUT2D eigenvalue weighted by Crippen LogP contribution is -2.35. The molecule has 2 aromatic carbocycles. The minimum Gasteiger partial charge on any atom is -0.496 e. The normalized spacial score (nSPS) is 11.8. The number of ether oxygens (including phenoxy) is 2.